The third-order valence-corrected chi connectivity index (χ3v) is 1.50. The molecule has 5 heteroatoms. The summed E-state index contributed by atoms with van der Waals surface area (Å²) in [6.07, 6.45) is 2.34. The number of ether oxygens (including phenoxy) is 1. The quantitative estimate of drug-likeness (QED) is 0.493. The van der Waals surface area contributed by atoms with Crippen molar-refractivity contribution in [1.29, 1.82) is 0 Å². The summed E-state index contributed by atoms with van der Waals surface area (Å²) in [5.74, 6) is 0. The van der Waals surface area contributed by atoms with Crippen LogP contribution in [-0.2, 0) is 4.74 Å². The standard InChI is InChI=1S/C5H9BF2O.Li.H/c7-6(8)5-3-1-2-4-9-5;;/h5H,1-4H2;;. The summed E-state index contributed by atoms with van der Waals surface area (Å²) in [6.45, 7) is 0.509. The van der Waals surface area contributed by atoms with Crippen molar-refractivity contribution in [2.24, 2.45) is 0 Å². The predicted molar refractivity (Wildman–Crippen MR) is 38.7 cm³/mol. The predicted octanol–water partition coefficient (Wildman–Crippen LogP) is 0.873. The molecule has 0 amide bonds. The molecule has 0 saturated carbocycles. The second-order valence-electron chi connectivity index (χ2n) is 2.24. The van der Waals surface area contributed by atoms with Crippen LogP contribution < -0.4 is 0 Å². The molecule has 1 saturated heterocycles. The van der Waals surface area contributed by atoms with Gasteiger partial charge in [0.05, 0.1) is 0 Å². The van der Waals surface area contributed by atoms with E-state index in [-0.39, 0.29) is 18.9 Å². The molecule has 10 heavy (non-hydrogen) atoms. The van der Waals surface area contributed by atoms with Crippen LogP contribution in [0.4, 0.5) is 8.63 Å². The molecule has 0 aliphatic carbocycles. The van der Waals surface area contributed by atoms with Gasteiger partial charge in [0.15, 0.2) is 0 Å². The van der Waals surface area contributed by atoms with E-state index < -0.39 is 13.3 Å². The summed E-state index contributed by atoms with van der Waals surface area (Å²) in [6, 6.07) is -0.779. The maximum atomic E-state index is 11.8. The van der Waals surface area contributed by atoms with E-state index in [2.05, 4.69) is 0 Å². The molecule has 1 rings (SSSR count). The van der Waals surface area contributed by atoms with Crippen molar-refractivity contribution in [2.75, 3.05) is 6.61 Å². The molecule has 0 N–H and O–H groups in total. The fourth-order valence-corrected chi connectivity index (χ4v) is 0.964. The monoisotopic (exact) mass is 142 g/mol. The average molecular weight is 142 g/mol. The Labute approximate surface area is 71.9 Å². The molecule has 0 spiro atoms. The van der Waals surface area contributed by atoms with Crippen LogP contribution in [0.2, 0.25) is 0 Å². The van der Waals surface area contributed by atoms with Crippen molar-refractivity contribution in [3.05, 3.63) is 0 Å². The summed E-state index contributed by atoms with van der Waals surface area (Å²) in [5.41, 5.74) is 0. The van der Waals surface area contributed by atoms with Crippen LogP contribution in [0.15, 0.2) is 0 Å². The van der Waals surface area contributed by atoms with Crippen LogP contribution in [-0.4, -0.2) is 38.7 Å². The van der Waals surface area contributed by atoms with Gasteiger partial charge in [-0.05, 0) is 19.3 Å². The summed E-state index contributed by atoms with van der Waals surface area (Å²) in [5, 5.41) is 0. The topological polar surface area (TPSA) is 9.23 Å². The summed E-state index contributed by atoms with van der Waals surface area (Å²) in [4.78, 5) is 0. The number of hydrogen-bond acceptors (Lipinski definition) is 1. The van der Waals surface area contributed by atoms with Crippen LogP contribution >= 0.6 is 0 Å². The van der Waals surface area contributed by atoms with Gasteiger partial charge in [0, 0.05) is 6.61 Å². The Bertz CT molecular complexity index is 87.7. The Balaban J connectivity index is 0.000000810. The van der Waals surface area contributed by atoms with E-state index in [4.69, 9.17) is 4.74 Å². The van der Waals surface area contributed by atoms with Crippen LogP contribution in [0.25, 0.3) is 0 Å². The van der Waals surface area contributed by atoms with Crippen LogP contribution in [0, 0.1) is 0 Å². The minimum absolute atomic E-state index is 0. The second-order valence-corrected chi connectivity index (χ2v) is 2.24. The zero-order chi connectivity index (χ0) is 6.69. The Hall–Kier alpha value is 0.482. The van der Waals surface area contributed by atoms with Gasteiger partial charge in [-0.2, -0.15) is 0 Å². The van der Waals surface area contributed by atoms with Gasteiger partial charge in [0.1, 0.15) is 6.00 Å². The first-order valence-corrected chi connectivity index (χ1v) is 3.20. The van der Waals surface area contributed by atoms with Gasteiger partial charge in [0.2, 0.25) is 0 Å². The molecular formula is C5H10BF2LiO. The van der Waals surface area contributed by atoms with Gasteiger partial charge in [-0.1, -0.05) is 0 Å². The van der Waals surface area contributed by atoms with Crippen molar-refractivity contribution in [1.82, 2.24) is 0 Å². The van der Waals surface area contributed by atoms with Crippen LogP contribution in [0.3, 0.4) is 0 Å². The van der Waals surface area contributed by atoms with Crippen molar-refractivity contribution in [3.63, 3.8) is 0 Å². The minimum atomic E-state index is -2.29. The molecule has 1 nitrogen and oxygen atoms in total. The first-order chi connectivity index (χ1) is 4.30. The normalized spacial score (nSPS) is 25.2. The van der Waals surface area contributed by atoms with Crippen LogP contribution in [0.1, 0.15) is 19.3 Å². The van der Waals surface area contributed by atoms with E-state index in [1.54, 1.807) is 0 Å². The van der Waals surface area contributed by atoms with Gasteiger partial charge in [-0.15, -0.1) is 0 Å². The molecule has 1 aliphatic heterocycles. The van der Waals surface area contributed by atoms with E-state index in [1.165, 1.54) is 0 Å². The third kappa shape index (κ3) is 3.05. The van der Waals surface area contributed by atoms with E-state index >= 15 is 0 Å². The Kier molecular flexibility index (Phi) is 5.42. The molecule has 1 aliphatic rings. The van der Waals surface area contributed by atoms with Crippen molar-refractivity contribution < 1.29 is 13.4 Å². The van der Waals surface area contributed by atoms with E-state index in [1.807, 2.05) is 0 Å². The van der Waals surface area contributed by atoms with Gasteiger partial charge in [-0.3, -0.25) is 8.63 Å². The van der Waals surface area contributed by atoms with E-state index in [0.717, 1.165) is 12.8 Å². The van der Waals surface area contributed by atoms with Gasteiger partial charge in [0.25, 0.3) is 0 Å². The van der Waals surface area contributed by atoms with E-state index in [9.17, 15) is 8.63 Å². The van der Waals surface area contributed by atoms with Crippen molar-refractivity contribution in [2.45, 2.75) is 25.3 Å². The molecule has 0 bridgehead atoms. The maximum absolute atomic E-state index is 11.8. The first kappa shape index (κ1) is 10.5. The number of halogens is 2. The molecule has 1 unspecified atom stereocenters. The molecule has 1 atom stereocenters. The number of hydrogen-bond donors (Lipinski definition) is 0. The third-order valence-electron chi connectivity index (χ3n) is 1.50. The summed E-state index contributed by atoms with van der Waals surface area (Å²) >= 11 is 0. The Morgan fingerprint density at radius 3 is 2.30 bits per heavy atom. The second kappa shape index (κ2) is 5.17. The van der Waals surface area contributed by atoms with Gasteiger partial charge >= 0.3 is 26.1 Å². The molecule has 1 heterocycles. The summed E-state index contributed by atoms with van der Waals surface area (Å²) < 4.78 is 28.4. The first-order valence-electron chi connectivity index (χ1n) is 3.20. The molecule has 0 aromatic carbocycles. The van der Waals surface area contributed by atoms with Gasteiger partial charge < -0.3 is 4.74 Å². The molecule has 0 radical (unpaired) electrons. The molecule has 54 valence electrons. The zero-order valence-corrected chi connectivity index (χ0v) is 5.15. The van der Waals surface area contributed by atoms with E-state index in [0.29, 0.717) is 13.0 Å². The van der Waals surface area contributed by atoms with Crippen LogP contribution in [0.5, 0.6) is 0 Å². The molecular weight excluding hydrogens is 132 g/mol. The number of rotatable bonds is 1. The van der Waals surface area contributed by atoms with Gasteiger partial charge in [-0.25, -0.2) is 0 Å². The van der Waals surface area contributed by atoms with Crippen molar-refractivity contribution >= 4 is 26.1 Å². The Morgan fingerprint density at radius 1 is 1.30 bits per heavy atom. The van der Waals surface area contributed by atoms with Crippen molar-refractivity contribution in [3.8, 4) is 0 Å². The Morgan fingerprint density at radius 2 is 2.00 bits per heavy atom. The molecule has 0 aromatic rings. The molecule has 1 fully saturated rings. The SMILES string of the molecule is FB(F)C1CCCCO1.[LiH]. The zero-order valence-electron chi connectivity index (χ0n) is 5.15. The summed E-state index contributed by atoms with van der Waals surface area (Å²) in [7, 11) is -2.29. The average Bonchev–Trinajstić information content (AvgIpc) is 1.90. The fourth-order valence-electron chi connectivity index (χ4n) is 0.964. The fraction of sp³-hybridized carbons (Fsp3) is 1.00. The molecule has 0 aromatic heterocycles.